The molecule has 122 valence electrons. The molecule has 0 bridgehead atoms. The SMILES string of the molecule is O=C(CCCN1C(=O)C2C=CC=CC2=NC1=S)N1CCOCC1. The molecule has 23 heavy (non-hydrogen) atoms. The number of carbonyl (C=O) groups excluding carboxylic acids is 2. The molecule has 3 aliphatic rings. The highest BCUT2D eigenvalue weighted by atomic mass is 32.1. The number of amides is 2. The Labute approximate surface area is 140 Å². The number of allylic oxidation sites excluding steroid dienone is 3. The van der Waals surface area contributed by atoms with Crippen LogP contribution in [0.2, 0.25) is 0 Å². The fraction of sp³-hybridized carbons (Fsp3) is 0.500. The van der Waals surface area contributed by atoms with E-state index in [1.807, 2.05) is 29.2 Å². The predicted molar refractivity (Wildman–Crippen MR) is 90.1 cm³/mol. The molecule has 2 heterocycles. The Morgan fingerprint density at radius 2 is 2.13 bits per heavy atom. The summed E-state index contributed by atoms with van der Waals surface area (Å²) >= 11 is 5.22. The number of carbonyl (C=O) groups is 2. The zero-order chi connectivity index (χ0) is 16.2. The van der Waals surface area contributed by atoms with Gasteiger partial charge >= 0.3 is 0 Å². The van der Waals surface area contributed by atoms with Gasteiger partial charge in [0.25, 0.3) is 0 Å². The number of hydrogen-bond donors (Lipinski definition) is 0. The van der Waals surface area contributed by atoms with Gasteiger partial charge in [0.2, 0.25) is 16.9 Å². The average molecular weight is 333 g/mol. The van der Waals surface area contributed by atoms with Crippen LogP contribution < -0.4 is 0 Å². The lowest BCUT2D eigenvalue weighted by atomic mass is 9.95. The minimum atomic E-state index is -0.346. The van der Waals surface area contributed by atoms with Gasteiger partial charge in [-0.05, 0) is 24.7 Å². The van der Waals surface area contributed by atoms with Gasteiger partial charge in [0.05, 0.1) is 24.8 Å². The van der Waals surface area contributed by atoms with Crippen molar-refractivity contribution in [3.8, 4) is 0 Å². The molecule has 0 spiro atoms. The maximum absolute atomic E-state index is 12.5. The average Bonchev–Trinajstić information content (AvgIpc) is 2.58. The first-order chi connectivity index (χ1) is 11.2. The van der Waals surface area contributed by atoms with Crippen molar-refractivity contribution < 1.29 is 14.3 Å². The van der Waals surface area contributed by atoms with Crippen LogP contribution in [0.4, 0.5) is 0 Å². The summed E-state index contributed by atoms with van der Waals surface area (Å²) in [5.74, 6) is -0.297. The van der Waals surface area contributed by atoms with E-state index in [4.69, 9.17) is 17.0 Å². The number of nitrogens with zero attached hydrogens (tertiary/aromatic N) is 3. The smallest absolute Gasteiger partial charge is 0.241 e. The van der Waals surface area contributed by atoms with Crippen LogP contribution in [0.25, 0.3) is 0 Å². The number of morpholine rings is 1. The molecular formula is C16H19N3O3S. The van der Waals surface area contributed by atoms with Crippen molar-refractivity contribution in [3.05, 3.63) is 24.3 Å². The van der Waals surface area contributed by atoms with E-state index in [1.165, 1.54) is 4.90 Å². The van der Waals surface area contributed by atoms with Crippen LogP contribution in [-0.2, 0) is 14.3 Å². The Bertz CT molecular complexity index is 606. The molecule has 0 aromatic carbocycles. The molecule has 1 saturated heterocycles. The monoisotopic (exact) mass is 333 g/mol. The molecule has 2 aliphatic heterocycles. The minimum absolute atomic E-state index is 0.0561. The van der Waals surface area contributed by atoms with Crippen LogP contribution in [0.15, 0.2) is 29.3 Å². The third kappa shape index (κ3) is 3.56. The Hall–Kier alpha value is -1.86. The lowest BCUT2D eigenvalue weighted by molar-refractivity contribution is -0.136. The lowest BCUT2D eigenvalue weighted by Crippen LogP contribution is -2.46. The topological polar surface area (TPSA) is 62.2 Å². The molecule has 1 fully saturated rings. The molecular weight excluding hydrogens is 314 g/mol. The van der Waals surface area contributed by atoms with Crippen molar-refractivity contribution in [1.29, 1.82) is 0 Å². The van der Waals surface area contributed by atoms with Gasteiger partial charge in [-0.15, -0.1) is 0 Å². The first kappa shape index (κ1) is 16.0. The molecule has 1 atom stereocenters. The molecule has 0 saturated carbocycles. The second-order valence-electron chi connectivity index (χ2n) is 5.63. The first-order valence-electron chi connectivity index (χ1n) is 7.81. The highest BCUT2D eigenvalue weighted by molar-refractivity contribution is 7.80. The van der Waals surface area contributed by atoms with E-state index in [0.717, 1.165) is 0 Å². The molecule has 3 rings (SSSR count). The molecule has 6 nitrogen and oxygen atoms in total. The van der Waals surface area contributed by atoms with Crippen molar-refractivity contribution in [2.24, 2.45) is 10.9 Å². The van der Waals surface area contributed by atoms with Crippen molar-refractivity contribution in [2.45, 2.75) is 12.8 Å². The Kier molecular flexibility index (Phi) is 4.97. The highest BCUT2D eigenvalue weighted by Crippen LogP contribution is 2.20. The number of aliphatic imine (C=N–C) groups is 1. The van der Waals surface area contributed by atoms with Gasteiger partial charge in [-0.1, -0.05) is 18.2 Å². The van der Waals surface area contributed by atoms with Crippen molar-refractivity contribution >= 4 is 34.9 Å². The zero-order valence-corrected chi connectivity index (χ0v) is 13.6. The van der Waals surface area contributed by atoms with E-state index in [9.17, 15) is 9.59 Å². The summed E-state index contributed by atoms with van der Waals surface area (Å²) < 4.78 is 5.24. The fourth-order valence-corrected chi connectivity index (χ4v) is 3.13. The number of hydrogen-bond acceptors (Lipinski definition) is 4. The van der Waals surface area contributed by atoms with Gasteiger partial charge in [-0.3, -0.25) is 14.5 Å². The Balaban J connectivity index is 1.54. The van der Waals surface area contributed by atoms with Gasteiger partial charge in [-0.25, -0.2) is 4.99 Å². The van der Waals surface area contributed by atoms with E-state index in [2.05, 4.69) is 4.99 Å². The summed E-state index contributed by atoms with van der Waals surface area (Å²) in [4.78, 5) is 32.3. The second kappa shape index (κ2) is 7.14. The molecule has 7 heteroatoms. The van der Waals surface area contributed by atoms with Crippen LogP contribution in [0.1, 0.15) is 12.8 Å². The van der Waals surface area contributed by atoms with Gasteiger partial charge in [0.1, 0.15) is 0 Å². The molecule has 0 radical (unpaired) electrons. The minimum Gasteiger partial charge on any atom is -0.378 e. The summed E-state index contributed by atoms with van der Waals surface area (Å²) in [7, 11) is 0. The second-order valence-corrected chi connectivity index (χ2v) is 5.99. The first-order valence-corrected chi connectivity index (χ1v) is 8.22. The van der Waals surface area contributed by atoms with Gasteiger partial charge in [0, 0.05) is 26.1 Å². The van der Waals surface area contributed by atoms with Crippen LogP contribution in [0.5, 0.6) is 0 Å². The quantitative estimate of drug-likeness (QED) is 0.718. The summed E-state index contributed by atoms with van der Waals surface area (Å²) in [6, 6.07) is 0. The van der Waals surface area contributed by atoms with E-state index >= 15 is 0 Å². The number of thiocarbonyl (C=S) groups is 1. The molecule has 1 aliphatic carbocycles. The van der Waals surface area contributed by atoms with Crippen LogP contribution in [0.3, 0.4) is 0 Å². The standard InChI is InChI=1S/C16H19N3O3S/c20-14(18-8-10-22-11-9-18)6-3-7-19-15(21)12-4-1-2-5-13(12)17-16(19)23/h1-2,4-5,12H,3,6-11H2. The predicted octanol–water partition coefficient (Wildman–Crippen LogP) is 0.936. The number of rotatable bonds is 4. The van der Waals surface area contributed by atoms with Crippen LogP contribution >= 0.6 is 12.2 Å². The van der Waals surface area contributed by atoms with E-state index in [0.29, 0.717) is 56.5 Å². The summed E-state index contributed by atoms with van der Waals surface area (Å²) in [5.41, 5.74) is 0.697. The normalized spacial score (nSPS) is 23.8. The van der Waals surface area contributed by atoms with Gasteiger partial charge in [-0.2, -0.15) is 0 Å². The molecule has 0 aromatic heterocycles. The maximum atomic E-state index is 12.5. The Morgan fingerprint density at radius 1 is 1.35 bits per heavy atom. The van der Waals surface area contributed by atoms with Gasteiger partial charge in [0.15, 0.2) is 0 Å². The van der Waals surface area contributed by atoms with E-state index < -0.39 is 0 Å². The molecule has 0 aromatic rings. The van der Waals surface area contributed by atoms with Crippen molar-refractivity contribution in [1.82, 2.24) is 9.80 Å². The zero-order valence-electron chi connectivity index (χ0n) is 12.8. The van der Waals surface area contributed by atoms with E-state index in [1.54, 1.807) is 0 Å². The van der Waals surface area contributed by atoms with Gasteiger partial charge < -0.3 is 9.64 Å². The maximum Gasteiger partial charge on any atom is 0.241 e. The van der Waals surface area contributed by atoms with E-state index in [-0.39, 0.29) is 17.7 Å². The summed E-state index contributed by atoms with van der Waals surface area (Å²) in [5, 5.41) is 0.292. The third-order valence-corrected chi connectivity index (χ3v) is 4.44. The highest BCUT2D eigenvalue weighted by Gasteiger charge is 2.33. The lowest BCUT2D eigenvalue weighted by Gasteiger charge is -2.30. The van der Waals surface area contributed by atoms with Crippen LogP contribution in [0, 0.1) is 5.92 Å². The van der Waals surface area contributed by atoms with Crippen molar-refractivity contribution in [2.75, 3.05) is 32.8 Å². The number of fused-ring (bicyclic) bond motifs is 1. The Morgan fingerprint density at radius 3 is 2.91 bits per heavy atom. The largest absolute Gasteiger partial charge is 0.378 e. The summed E-state index contributed by atoms with van der Waals surface area (Å²) in [6.07, 6.45) is 8.32. The third-order valence-electron chi connectivity index (χ3n) is 4.12. The molecule has 2 amide bonds. The van der Waals surface area contributed by atoms with Crippen LogP contribution in [-0.4, -0.2) is 65.3 Å². The fourth-order valence-electron chi connectivity index (χ4n) is 2.85. The molecule has 0 N–H and O–H groups in total. The van der Waals surface area contributed by atoms with Crippen molar-refractivity contribution in [3.63, 3.8) is 0 Å². The summed E-state index contributed by atoms with van der Waals surface area (Å²) in [6.45, 7) is 2.91. The number of ether oxygens (including phenoxy) is 1. The molecule has 1 unspecified atom stereocenters.